The molecule has 0 aliphatic carbocycles. The van der Waals surface area contributed by atoms with E-state index in [9.17, 15) is 0 Å². The standard InChI is InChI=1S/C17H15N7/c1-10(12-8-19-20-9-12)5-6-13-11(2)15(24-23-13)17-21-14-4-3-7-18-16(14)22-17/h3-9,23H,2H2,1H3,(H,19,20)(H,18,21,22)/b10-5+,13-6+. The zero-order valence-corrected chi connectivity index (χ0v) is 13.0. The minimum atomic E-state index is 0.653. The van der Waals surface area contributed by atoms with Gasteiger partial charge in [-0.25, -0.2) is 9.97 Å². The van der Waals surface area contributed by atoms with Crippen LogP contribution in [0.2, 0.25) is 0 Å². The van der Waals surface area contributed by atoms with Gasteiger partial charge < -0.3 is 4.98 Å². The Morgan fingerprint density at radius 2 is 2.25 bits per heavy atom. The van der Waals surface area contributed by atoms with E-state index in [1.807, 2.05) is 37.4 Å². The molecule has 0 saturated heterocycles. The van der Waals surface area contributed by atoms with Crippen molar-refractivity contribution in [3.05, 3.63) is 52.9 Å². The number of rotatable bonds is 3. The molecule has 0 aromatic carbocycles. The van der Waals surface area contributed by atoms with Crippen molar-refractivity contribution in [1.29, 1.82) is 0 Å². The third-order valence-corrected chi connectivity index (χ3v) is 3.83. The lowest BCUT2D eigenvalue weighted by atomic mass is 10.1. The highest BCUT2D eigenvalue weighted by Crippen LogP contribution is 2.13. The van der Waals surface area contributed by atoms with E-state index in [0.29, 0.717) is 17.2 Å². The normalized spacial score (nSPS) is 13.0. The molecule has 0 amide bonds. The molecule has 3 N–H and O–H groups in total. The maximum atomic E-state index is 4.46. The Morgan fingerprint density at radius 3 is 3.04 bits per heavy atom. The second-order valence-corrected chi connectivity index (χ2v) is 5.43. The average molecular weight is 317 g/mol. The molecule has 4 aromatic rings. The van der Waals surface area contributed by atoms with Crippen LogP contribution in [0.15, 0.2) is 36.8 Å². The molecular weight excluding hydrogens is 302 g/mol. The van der Waals surface area contributed by atoms with Crippen molar-refractivity contribution in [3.8, 4) is 11.5 Å². The molecule has 0 saturated carbocycles. The lowest BCUT2D eigenvalue weighted by Crippen LogP contribution is -2.21. The van der Waals surface area contributed by atoms with Gasteiger partial charge in [0.25, 0.3) is 0 Å². The first-order chi connectivity index (χ1) is 11.7. The van der Waals surface area contributed by atoms with Crippen molar-refractivity contribution >= 4 is 29.4 Å². The lowest BCUT2D eigenvalue weighted by molar-refractivity contribution is 1.06. The molecule has 4 aromatic heterocycles. The van der Waals surface area contributed by atoms with Crippen molar-refractivity contribution in [2.75, 3.05) is 0 Å². The van der Waals surface area contributed by atoms with Gasteiger partial charge in [-0.3, -0.25) is 10.2 Å². The first kappa shape index (κ1) is 14.1. The molecule has 7 nitrogen and oxygen atoms in total. The molecule has 24 heavy (non-hydrogen) atoms. The van der Waals surface area contributed by atoms with Crippen LogP contribution in [0.4, 0.5) is 0 Å². The molecule has 0 bridgehead atoms. The summed E-state index contributed by atoms with van der Waals surface area (Å²) in [6.07, 6.45) is 9.29. The average Bonchev–Trinajstić information content (AvgIpc) is 3.32. The number of imidazole rings is 1. The number of allylic oxidation sites excluding steroid dienone is 2. The topological polar surface area (TPSA) is 98.9 Å². The Hall–Kier alpha value is -3.48. The zero-order chi connectivity index (χ0) is 16.5. The van der Waals surface area contributed by atoms with Gasteiger partial charge in [0, 0.05) is 23.2 Å². The van der Waals surface area contributed by atoms with Crippen molar-refractivity contribution in [3.63, 3.8) is 0 Å². The van der Waals surface area contributed by atoms with Crippen LogP contribution in [-0.2, 0) is 0 Å². The van der Waals surface area contributed by atoms with Gasteiger partial charge in [0.15, 0.2) is 11.5 Å². The van der Waals surface area contributed by atoms with E-state index in [4.69, 9.17) is 0 Å². The summed E-state index contributed by atoms with van der Waals surface area (Å²) in [7, 11) is 0. The highest BCUT2D eigenvalue weighted by atomic mass is 15.1. The van der Waals surface area contributed by atoms with Crippen LogP contribution < -0.4 is 10.6 Å². The SMILES string of the molecule is C=c1c(-c2nc3ncccc3[nH]2)n[nH]/c1=C/C=C(\C)c1cn[nH]c1. The first-order valence-corrected chi connectivity index (χ1v) is 7.44. The third kappa shape index (κ3) is 2.41. The maximum absolute atomic E-state index is 4.46. The Labute approximate surface area is 136 Å². The summed E-state index contributed by atoms with van der Waals surface area (Å²) in [5.74, 6) is 0.653. The minimum Gasteiger partial charge on any atom is -0.335 e. The van der Waals surface area contributed by atoms with Crippen molar-refractivity contribution in [1.82, 2.24) is 35.3 Å². The van der Waals surface area contributed by atoms with Gasteiger partial charge >= 0.3 is 0 Å². The fourth-order valence-corrected chi connectivity index (χ4v) is 2.44. The van der Waals surface area contributed by atoms with Gasteiger partial charge in [-0.2, -0.15) is 10.2 Å². The number of aromatic amines is 3. The van der Waals surface area contributed by atoms with Gasteiger partial charge in [0.1, 0.15) is 5.69 Å². The largest absolute Gasteiger partial charge is 0.335 e. The Morgan fingerprint density at radius 1 is 1.33 bits per heavy atom. The Balaban J connectivity index is 1.74. The van der Waals surface area contributed by atoms with E-state index >= 15 is 0 Å². The van der Waals surface area contributed by atoms with Gasteiger partial charge in [-0.15, -0.1) is 0 Å². The maximum Gasteiger partial charge on any atom is 0.178 e. The molecule has 7 heteroatoms. The smallest absolute Gasteiger partial charge is 0.178 e. The molecular formula is C17H15N7. The molecule has 0 radical (unpaired) electrons. The Bertz CT molecular complexity index is 1100. The summed E-state index contributed by atoms with van der Waals surface area (Å²) in [5.41, 5.74) is 4.35. The van der Waals surface area contributed by atoms with E-state index in [0.717, 1.165) is 27.2 Å². The number of pyridine rings is 1. The highest BCUT2D eigenvalue weighted by molar-refractivity contribution is 5.75. The Kier molecular flexibility index (Phi) is 3.31. The molecule has 118 valence electrons. The van der Waals surface area contributed by atoms with E-state index in [-0.39, 0.29) is 0 Å². The predicted molar refractivity (Wildman–Crippen MR) is 92.9 cm³/mol. The van der Waals surface area contributed by atoms with E-state index in [2.05, 4.69) is 41.9 Å². The third-order valence-electron chi connectivity index (χ3n) is 3.83. The molecule has 0 unspecified atom stereocenters. The van der Waals surface area contributed by atoms with E-state index < -0.39 is 0 Å². The van der Waals surface area contributed by atoms with Gasteiger partial charge in [0.2, 0.25) is 0 Å². The van der Waals surface area contributed by atoms with Gasteiger partial charge in [-0.1, -0.05) is 12.7 Å². The lowest BCUT2D eigenvalue weighted by Gasteiger charge is -1.91. The number of aromatic nitrogens is 7. The van der Waals surface area contributed by atoms with Crippen molar-refractivity contribution in [2.24, 2.45) is 0 Å². The number of hydrogen-bond donors (Lipinski definition) is 3. The van der Waals surface area contributed by atoms with Crippen LogP contribution in [0.1, 0.15) is 12.5 Å². The summed E-state index contributed by atoms with van der Waals surface area (Å²) in [6, 6.07) is 3.79. The molecule has 0 atom stereocenters. The molecule has 4 rings (SSSR count). The molecule has 0 spiro atoms. The molecule has 0 aliphatic heterocycles. The minimum absolute atomic E-state index is 0.653. The number of fused-ring (bicyclic) bond motifs is 1. The second kappa shape index (κ2) is 5.62. The quantitative estimate of drug-likeness (QED) is 0.531. The fraction of sp³-hybridized carbons (Fsp3) is 0.0588. The van der Waals surface area contributed by atoms with Crippen LogP contribution in [0.5, 0.6) is 0 Å². The van der Waals surface area contributed by atoms with Crippen molar-refractivity contribution < 1.29 is 0 Å². The first-order valence-electron chi connectivity index (χ1n) is 7.44. The fourth-order valence-electron chi connectivity index (χ4n) is 2.44. The van der Waals surface area contributed by atoms with Crippen LogP contribution in [0.25, 0.3) is 40.9 Å². The van der Waals surface area contributed by atoms with Gasteiger partial charge in [0.05, 0.1) is 17.1 Å². The molecule has 4 heterocycles. The monoisotopic (exact) mass is 317 g/mol. The summed E-state index contributed by atoms with van der Waals surface area (Å²) in [4.78, 5) is 11.9. The second-order valence-electron chi connectivity index (χ2n) is 5.43. The summed E-state index contributed by atoms with van der Waals surface area (Å²) >= 11 is 0. The van der Waals surface area contributed by atoms with E-state index in [1.54, 1.807) is 12.4 Å². The number of nitrogens with one attached hydrogen (secondary N) is 3. The number of H-pyrrole nitrogens is 3. The van der Waals surface area contributed by atoms with E-state index in [1.165, 1.54) is 0 Å². The molecule has 0 aliphatic rings. The zero-order valence-electron chi connectivity index (χ0n) is 13.0. The van der Waals surface area contributed by atoms with Crippen molar-refractivity contribution in [2.45, 2.75) is 6.92 Å². The summed E-state index contributed by atoms with van der Waals surface area (Å²) in [6.45, 7) is 6.13. The predicted octanol–water partition coefficient (Wildman–Crippen LogP) is 1.37. The van der Waals surface area contributed by atoms with Crippen LogP contribution >= 0.6 is 0 Å². The van der Waals surface area contributed by atoms with Crippen LogP contribution in [-0.4, -0.2) is 35.3 Å². The molecule has 0 fully saturated rings. The van der Waals surface area contributed by atoms with Crippen LogP contribution in [0.3, 0.4) is 0 Å². The summed E-state index contributed by atoms with van der Waals surface area (Å²) < 4.78 is 0. The number of nitrogens with zero attached hydrogens (tertiary/aromatic N) is 4. The van der Waals surface area contributed by atoms with Crippen LogP contribution in [0, 0.1) is 0 Å². The highest BCUT2D eigenvalue weighted by Gasteiger charge is 2.09. The summed E-state index contributed by atoms with van der Waals surface area (Å²) in [5, 5.41) is 15.7. The van der Waals surface area contributed by atoms with Gasteiger partial charge in [-0.05, 0) is 30.7 Å². The number of hydrogen-bond acceptors (Lipinski definition) is 4.